The Kier molecular flexibility index (Phi) is 9.84. The number of anilines is 1. The molecule has 4 aliphatic rings. The number of nitrogens with zero attached hydrogens (tertiary/aromatic N) is 6. The second-order valence-electron chi connectivity index (χ2n) is 13.0. The van der Waals surface area contributed by atoms with Crippen molar-refractivity contribution in [3.05, 3.63) is 37.3 Å². The average molecular weight is 844 g/mol. The Bertz CT molecular complexity index is 1470. The van der Waals surface area contributed by atoms with Gasteiger partial charge in [-0.15, -0.1) is 0 Å². The zero-order valence-electron chi connectivity index (χ0n) is 24.9. The lowest BCUT2D eigenvalue weighted by Gasteiger charge is -2.29. The van der Waals surface area contributed by atoms with Crippen LogP contribution in [0.3, 0.4) is 0 Å². The molecule has 4 fully saturated rings. The summed E-state index contributed by atoms with van der Waals surface area (Å²) in [6.45, 7) is 1.95. The first-order chi connectivity index (χ1) is 21.4. The first-order valence-corrected chi connectivity index (χ1v) is 18.6. The van der Waals surface area contributed by atoms with Crippen molar-refractivity contribution in [2.24, 2.45) is 11.8 Å². The van der Waals surface area contributed by atoms with E-state index in [-0.39, 0.29) is 0 Å². The minimum Gasteiger partial charge on any atom is -0.383 e. The fraction of sp³-hybridized carbons (Fsp3) is 0.625. The largest absolute Gasteiger partial charge is 0.383 e. The van der Waals surface area contributed by atoms with E-state index in [0.29, 0.717) is 35.3 Å². The predicted molar refractivity (Wildman–Crippen MR) is 190 cm³/mol. The third-order valence-electron chi connectivity index (χ3n) is 9.71. The van der Waals surface area contributed by atoms with E-state index in [2.05, 4.69) is 86.6 Å². The normalized spacial score (nSPS) is 25.7. The summed E-state index contributed by atoms with van der Waals surface area (Å²) in [5.41, 5.74) is 7.94. The van der Waals surface area contributed by atoms with Crippen LogP contribution in [0.15, 0.2) is 25.0 Å². The van der Waals surface area contributed by atoms with E-state index in [9.17, 15) is 0 Å². The van der Waals surface area contributed by atoms with Gasteiger partial charge in [-0.2, -0.15) is 0 Å². The van der Waals surface area contributed by atoms with Gasteiger partial charge in [-0.1, -0.05) is 11.6 Å². The summed E-state index contributed by atoms with van der Waals surface area (Å²) in [6.07, 6.45) is 23.0. The molecule has 236 valence electrons. The topological polar surface area (TPSA) is 106 Å². The van der Waals surface area contributed by atoms with Gasteiger partial charge in [-0.3, -0.25) is 0 Å². The number of ether oxygens (including phenoxy) is 2. The quantitative estimate of drug-likeness (QED) is 0.141. The van der Waals surface area contributed by atoms with Gasteiger partial charge in [-0.25, -0.2) is 19.9 Å². The molecule has 4 aliphatic carbocycles. The molecular weight excluding hydrogens is 804 g/mol. The molecule has 4 aromatic heterocycles. The lowest BCUT2D eigenvalue weighted by atomic mass is 9.93. The summed E-state index contributed by atoms with van der Waals surface area (Å²) in [5, 5.41) is 2.53. The van der Waals surface area contributed by atoms with Gasteiger partial charge in [0.25, 0.3) is 0 Å². The number of hydrogen-bond donors (Lipinski definition) is 1. The number of halogens is 3. The maximum Gasteiger partial charge on any atom is 0.146 e. The molecule has 4 heterocycles. The van der Waals surface area contributed by atoms with Crippen LogP contribution in [-0.2, 0) is 9.47 Å². The Labute approximate surface area is 290 Å². The zero-order valence-corrected chi connectivity index (χ0v) is 30.0. The van der Waals surface area contributed by atoms with Crippen molar-refractivity contribution < 1.29 is 9.47 Å². The van der Waals surface area contributed by atoms with Crippen LogP contribution in [0.1, 0.15) is 89.1 Å². The van der Waals surface area contributed by atoms with Gasteiger partial charge in [0.15, 0.2) is 0 Å². The van der Waals surface area contributed by atoms with Crippen molar-refractivity contribution in [2.75, 3.05) is 18.9 Å². The van der Waals surface area contributed by atoms with Crippen LogP contribution in [0, 0.1) is 19.0 Å². The van der Waals surface area contributed by atoms with Crippen molar-refractivity contribution in [2.45, 2.75) is 101 Å². The van der Waals surface area contributed by atoms with Crippen LogP contribution in [0.5, 0.6) is 0 Å². The fourth-order valence-electron chi connectivity index (χ4n) is 6.72. The smallest absolute Gasteiger partial charge is 0.146 e. The van der Waals surface area contributed by atoms with Gasteiger partial charge >= 0.3 is 0 Å². The monoisotopic (exact) mass is 843 g/mol. The summed E-state index contributed by atoms with van der Waals surface area (Å²) < 4.78 is 18.9. The third kappa shape index (κ3) is 7.16. The highest BCUT2D eigenvalue weighted by molar-refractivity contribution is 14.1. The molecule has 44 heavy (non-hydrogen) atoms. The molecule has 0 spiro atoms. The number of nitrogens with two attached hydrogens (primary N) is 1. The fourth-order valence-corrected chi connectivity index (χ4v) is 8.72. The standard InChI is InChI=1S/C16H19ClIN3O.C16H21IN4O/c17-15-14-13(18)7-21(16(14)20-9-19-15)11-3-5-12(6-4-11)22-8-10-1-2-10;17-13-7-21(16-14(13)15(18)19-9-20-16)11-3-5-12(6-4-11)22-8-10-1-2-10/h7,9-12H,1-6,8H2;7,9-12H,1-6,8H2,(H2,18,19,20). The number of aromatic nitrogens is 6. The van der Waals surface area contributed by atoms with Gasteiger partial charge in [-0.05, 0) is 134 Å². The predicted octanol–water partition coefficient (Wildman–Crippen LogP) is 8.13. The molecule has 0 amide bonds. The van der Waals surface area contributed by atoms with Crippen LogP contribution in [0.4, 0.5) is 5.82 Å². The van der Waals surface area contributed by atoms with E-state index >= 15 is 0 Å². The Balaban J connectivity index is 0.000000142. The first-order valence-electron chi connectivity index (χ1n) is 16.1. The average Bonchev–Trinajstić information content (AvgIpc) is 3.97. The van der Waals surface area contributed by atoms with Crippen LogP contribution >= 0.6 is 56.8 Å². The van der Waals surface area contributed by atoms with Crippen LogP contribution in [0.25, 0.3) is 22.1 Å². The number of nitrogen functional groups attached to an aromatic ring is 1. The molecule has 12 heteroatoms. The summed E-state index contributed by atoms with van der Waals surface area (Å²) in [4.78, 5) is 17.1. The maximum atomic E-state index is 6.23. The second kappa shape index (κ2) is 13.8. The Morgan fingerprint density at radius 1 is 0.659 bits per heavy atom. The third-order valence-corrected chi connectivity index (χ3v) is 11.6. The van der Waals surface area contributed by atoms with Gasteiger partial charge in [0.1, 0.15) is 34.9 Å². The summed E-state index contributed by atoms with van der Waals surface area (Å²) >= 11 is 10.9. The van der Waals surface area contributed by atoms with E-state index in [4.69, 9.17) is 26.8 Å². The van der Waals surface area contributed by atoms with Gasteiger partial charge in [0.05, 0.1) is 23.0 Å². The van der Waals surface area contributed by atoms with E-state index < -0.39 is 0 Å². The highest BCUT2D eigenvalue weighted by Gasteiger charge is 2.29. The minimum atomic E-state index is 0.455. The molecule has 4 aromatic rings. The molecule has 4 saturated carbocycles. The van der Waals surface area contributed by atoms with Gasteiger partial charge in [0.2, 0.25) is 0 Å². The van der Waals surface area contributed by atoms with Crippen LogP contribution in [-0.4, -0.2) is 54.5 Å². The van der Waals surface area contributed by atoms with E-state index in [0.717, 1.165) is 106 Å². The van der Waals surface area contributed by atoms with Crippen molar-refractivity contribution in [1.29, 1.82) is 0 Å². The maximum absolute atomic E-state index is 6.23. The number of fused-ring (bicyclic) bond motifs is 2. The molecule has 0 aliphatic heterocycles. The van der Waals surface area contributed by atoms with E-state index in [1.807, 2.05) is 0 Å². The molecule has 0 aromatic carbocycles. The Hall–Kier alpha value is -1.29. The number of rotatable bonds is 8. The zero-order chi connectivity index (χ0) is 30.2. The molecule has 0 atom stereocenters. The van der Waals surface area contributed by atoms with Gasteiger partial charge < -0.3 is 24.3 Å². The number of hydrogen-bond acceptors (Lipinski definition) is 7. The Morgan fingerprint density at radius 3 is 1.61 bits per heavy atom. The van der Waals surface area contributed by atoms with Crippen LogP contribution < -0.4 is 5.73 Å². The van der Waals surface area contributed by atoms with E-state index in [1.165, 1.54) is 25.7 Å². The lowest BCUT2D eigenvalue weighted by Crippen LogP contribution is -2.24. The molecular formula is C32H40ClI2N7O2. The molecule has 2 N–H and O–H groups in total. The lowest BCUT2D eigenvalue weighted by molar-refractivity contribution is 0.0139. The Morgan fingerprint density at radius 2 is 1.11 bits per heavy atom. The summed E-state index contributed by atoms with van der Waals surface area (Å²) in [7, 11) is 0. The van der Waals surface area contributed by atoms with Crippen molar-refractivity contribution >= 4 is 84.7 Å². The van der Waals surface area contributed by atoms with E-state index in [1.54, 1.807) is 12.7 Å². The summed E-state index contributed by atoms with van der Waals surface area (Å²) in [5.74, 6) is 2.29. The van der Waals surface area contributed by atoms with Crippen LogP contribution in [0.2, 0.25) is 5.15 Å². The van der Waals surface area contributed by atoms with Crippen molar-refractivity contribution in [3.8, 4) is 0 Å². The molecule has 0 saturated heterocycles. The minimum absolute atomic E-state index is 0.455. The highest BCUT2D eigenvalue weighted by atomic mass is 127. The van der Waals surface area contributed by atoms with Crippen molar-refractivity contribution in [1.82, 2.24) is 29.1 Å². The molecule has 0 radical (unpaired) electrons. The molecule has 8 rings (SSSR count). The highest BCUT2D eigenvalue weighted by Crippen LogP contribution is 2.38. The first kappa shape index (κ1) is 31.3. The SMILES string of the molecule is Clc1ncnc2c1c(I)cn2C1CCC(OCC2CC2)CC1.Nc1ncnc2c1c(I)cn2C1CCC(OCC2CC2)CC1. The molecule has 0 unspecified atom stereocenters. The summed E-state index contributed by atoms with van der Waals surface area (Å²) in [6, 6.07) is 0.999. The van der Waals surface area contributed by atoms with Crippen molar-refractivity contribution in [3.63, 3.8) is 0 Å². The second-order valence-corrected chi connectivity index (χ2v) is 15.7. The van der Waals surface area contributed by atoms with Gasteiger partial charge in [0, 0.05) is 44.8 Å². The molecule has 9 nitrogen and oxygen atoms in total. The molecule has 0 bridgehead atoms.